The highest BCUT2D eigenvalue weighted by atomic mass is 16.3. The van der Waals surface area contributed by atoms with Crippen LogP contribution in [0.2, 0.25) is 0 Å². The number of aryl methyl sites for hydroxylation is 3. The average molecular weight is 230 g/mol. The number of rotatable bonds is 4. The minimum Gasteiger partial charge on any atom is -0.390 e. The summed E-state index contributed by atoms with van der Waals surface area (Å²) in [6.45, 7) is 4.32. The first-order valence-electron chi connectivity index (χ1n) is 5.89. The van der Waals surface area contributed by atoms with Crippen LogP contribution in [0.25, 0.3) is 0 Å². The zero-order chi connectivity index (χ0) is 12.3. The molecule has 0 aliphatic rings. The number of nitrogens with one attached hydrogen (secondary N) is 1. The molecule has 1 aromatic heterocycles. The zero-order valence-corrected chi connectivity index (χ0v) is 10.3. The molecule has 0 spiro atoms. The minimum absolute atomic E-state index is 0.0243. The highest BCUT2D eigenvalue weighted by Gasteiger charge is 2.03. The van der Waals surface area contributed by atoms with Gasteiger partial charge in [0.2, 0.25) is 0 Å². The Balaban J connectivity index is 2.04. The van der Waals surface area contributed by atoms with Crippen LogP contribution in [0, 0.1) is 13.8 Å². The molecule has 0 fully saturated rings. The lowest BCUT2D eigenvalue weighted by Gasteiger charge is -2.07. The summed E-state index contributed by atoms with van der Waals surface area (Å²) >= 11 is 0. The maximum Gasteiger partial charge on any atom is 0.106 e. The van der Waals surface area contributed by atoms with Gasteiger partial charge in [-0.05, 0) is 37.0 Å². The van der Waals surface area contributed by atoms with E-state index in [4.69, 9.17) is 5.11 Å². The van der Waals surface area contributed by atoms with Gasteiger partial charge in [-0.2, -0.15) is 0 Å². The Morgan fingerprint density at radius 2 is 2.06 bits per heavy atom. The summed E-state index contributed by atoms with van der Waals surface area (Å²) in [6, 6.07) is 6.40. The molecule has 90 valence electrons. The molecule has 0 aliphatic heterocycles. The van der Waals surface area contributed by atoms with Crippen LogP contribution in [-0.2, 0) is 19.4 Å². The number of aromatic nitrogens is 2. The van der Waals surface area contributed by atoms with Gasteiger partial charge in [0.25, 0.3) is 0 Å². The van der Waals surface area contributed by atoms with Gasteiger partial charge in [0.05, 0.1) is 18.5 Å². The van der Waals surface area contributed by atoms with Crippen LogP contribution in [0.3, 0.4) is 0 Å². The normalized spacial score (nSPS) is 10.8. The van der Waals surface area contributed by atoms with Gasteiger partial charge in [-0.1, -0.05) is 18.2 Å². The third-order valence-electron chi connectivity index (χ3n) is 3.20. The van der Waals surface area contributed by atoms with Gasteiger partial charge in [0.1, 0.15) is 5.82 Å². The summed E-state index contributed by atoms with van der Waals surface area (Å²) in [5.74, 6) is 0.940. The van der Waals surface area contributed by atoms with E-state index in [-0.39, 0.29) is 6.61 Å². The van der Waals surface area contributed by atoms with Crippen LogP contribution < -0.4 is 0 Å². The number of aliphatic hydroxyl groups excluding tert-OH is 1. The molecule has 2 aromatic rings. The largest absolute Gasteiger partial charge is 0.390 e. The fraction of sp³-hybridized carbons (Fsp3) is 0.357. The Bertz CT molecular complexity index is 503. The number of H-pyrrole nitrogens is 1. The lowest BCUT2D eigenvalue weighted by molar-refractivity contribution is 0.277. The number of nitrogens with zero attached hydrogens (tertiary/aromatic N) is 1. The molecule has 3 nitrogen and oxygen atoms in total. The lowest BCUT2D eigenvalue weighted by atomic mass is 10.00. The number of benzene rings is 1. The molecule has 0 saturated heterocycles. The van der Waals surface area contributed by atoms with Crippen LogP contribution >= 0.6 is 0 Å². The molecular formula is C14H18N2O. The summed E-state index contributed by atoms with van der Waals surface area (Å²) in [7, 11) is 0. The third-order valence-corrected chi connectivity index (χ3v) is 3.20. The highest BCUT2D eigenvalue weighted by molar-refractivity contribution is 5.33. The minimum atomic E-state index is 0.0243. The molecule has 2 N–H and O–H groups in total. The maximum absolute atomic E-state index is 8.95. The van der Waals surface area contributed by atoms with E-state index in [9.17, 15) is 0 Å². The van der Waals surface area contributed by atoms with E-state index >= 15 is 0 Å². The molecule has 0 radical (unpaired) electrons. The van der Waals surface area contributed by atoms with E-state index in [2.05, 4.69) is 42.0 Å². The summed E-state index contributed by atoms with van der Waals surface area (Å²) in [5, 5.41) is 8.95. The SMILES string of the molecule is Cc1cccc(CCc2ncc(CO)[nH]2)c1C. The van der Waals surface area contributed by atoms with Crippen LogP contribution in [0.4, 0.5) is 0 Å². The molecule has 0 unspecified atom stereocenters. The predicted octanol–water partition coefficient (Wildman–Crippen LogP) is 2.30. The first-order chi connectivity index (χ1) is 8.20. The van der Waals surface area contributed by atoms with Crippen molar-refractivity contribution < 1.29 is 5.11 Å². The summed E-state index contributed by atoms with van der Waals surface area (Å²) in [5.41, 5.74) is 4.84. The van der Waals surface area contributed by atoms with E-state index in [1.54, 1.807) is 6.20 Å². The number of hydrogen-bond acceptors (Lipinski definition) is 2. The van der Waals surface area contributed by atoms with E-state index in [1.807, 2.05) is 0 Å². The molecule has 0 bridgehead atoms. The van der Waals surface area contributed by atoms with Gasteiger partial charge in [0, 0.05) is 6.42 Å². The summed E-state index contributed by atoms with van der Waals surface area (Å²) in [4.78, 5) is 7.34. The van der Waals surface area contributed by atoms with Crippen molar-refractivity contribution in [3.63, 3.8) is 0 Å². The van der Waals surface area contributed by atoms with Crippen molar-refractivity contribution in [2.24, 2.45) is 0 Å². The number of aliphatic hydroxyl groups is 1. The molecule has 0 aliphatic carbocycles. The fourth-order valence-electron chi connectivity index (χ4n) is 1.95. The quantitative estimate of drug-likeness (QED) is 0.846. The predicted molar refractivity (Wildman–Crippen MR) is 67.8 cm³/mol. The van der Waals surface area contributed by atoms with Crippen LogP contribution in [-0.4, -0.2) is 15.1 Å². The van der Waals surface area contributed by atoms with Crippen molar-refractivity contribution >= 4 is 0 Å². The Hall–Kier alpha value is -1.61. The highest BCUT2D eigenvalue weighted by Crippen LogP contribution is 2.14. The topological polar surface area (TPSA) is 48.9 Å². The Labute approximate surface area is 102 Å². The van der Waals surface area contributed by atoms with Gasteiger partial charge in [0.15, 0.2) is 0 Å². The molecule has 0 amide bonds. The van der Waals surface area contributed by atoms with Crippen molar-refractivity contribution in [2.75, 3.05) is 0 Å². The molecule has 3 heteroatoms. The van der Waals surface area contributed by atoms with Crippen molar-refractivity contribution in [3.8, 4) is 0 Å². The van der Waals surface area contributed by atoms with Gasteiger partial charge >= 0.3 is 0 Å². The van der Waals surface area contributed by atoms with Gasteiger partial charge in [-0.15, -0.1) is 0 Å². The Morgan fingerprint density at radius 3 is 2.76 bits per heavy atom. The van der Waals surface area contributed by atoms with Crippen LogP contribution in [0.1, 0.15) is 28.2 Å². The second-order valence-electron chi connectivity index (χ2n) is 4.37. The van der Waals surface area contributed by atoms with Gasteiger partial charge in [-0.3, -0.25) is 0 Å². The van der Waals surface area contributed by atoms with Crippen molar-refractivity contribution in [2.45, 2.75) is 33.3 Å². The molecule has 17 heavy (non-hydrogen) atoms. The zero-order valence-electron chi connectivity index (χ0n) is 10.3. The summed E-state index contributed by atoms with van der Waals surface area (Å²) in [6.07, 6.45) is 3.55. The maximum atomic E-state index is 8.95. The van der Waals surface area contributed by atoms with Crippen molar-refractivity contribution in [3.05, 3.63) is 52.6 Å². The van der Waals surface area contributed by atoms with Crippen LogP contribution in [0.15, 0.2) is 24.4 Å². The van der Waals surface area contributed by atoms with Gasteiger partial charge in [-0.25, -0.2) is 4.98 Å². The Morgan fingerprint density at radius 1 is 1.24 bits per heavy atom. The first-order valence-corrected chi connectivity index (χ1v) is 5.89. The molecule has 1 aromatic carbocycles. The molecule has 2 rings (SSSR count). The van der Waals surface area contributed by atoms with Crippen molar-refractivity contribution in [1.82, 2.24) is 9.97 Å². The number of hydrogen-bond donors (Lipinski definition) is 2. The smallest absolute Gasteiger partial charge is 0.106 e. The standard InChI is InChI=1S/C14H18N2O/c1-10-4-3-5-12(11(10)2)6-7-14-15-8-13(9-17)16-14/h3-5,8,17H,6-7,9H2,1-2H3,(H,15,16). The second kappa shape index (κ2) is 5.15. The molecule has 0 saturated carbocycles. The number of aromatic amines is 1. The van der Waals surface area contributed by atoms with E-state index in [0.717, 1.165) is 24.4 Å². The van der Waals surface area contributed by atoms with E-state index in [0.29, 0.717) is 0 Å². The van der Waals surface area contributed by atoms with E-state index < -0.39 is 0 Å². The average Bonchev–Trinajstić information content (AvgIpc) is 2.79. The molecule has 1 heterocycles. The Kier molecular flexibility index (Phi) is 3.59. The fourth-order valence-corrected chi connectivity index (χ4v) is 1.95. The van der Waals surface area contributed by atoms with Gasteiger partial charge < -0.3 is 10.1 Å². The number of imidazole rings is 1. The van der Waals surface area contributed by atoms with Crippen molar-refractivity contribution in [1.29, 1.82) is 0 Å². The first kappa shape index (κ1) is 11.9. The third kappa shape index (κ3) is 2.74. The molecule has 0 atom stereocenters. The van der Waals surface area contributed by atoms with E-state index in [1.165, 1.54) is 16.7 Å². The van der Waals surface area contributed by atoms with Crippen LogP contribution in [0.5, 0.6) is 0 Å². The summed E-state index contributed by atoms with van der Waals surface area (Å²) < 4.78 is 0. The molecular weight excluding hydrogens is 212 g/mol. The monoisotopic (exact) mass is 230 g/mol. The second-order valence-corrected chi connectivity index (χ2v) is 4.37. The lowest BCUT2D eigenvalue weighted by Crippen LogP contribution is -1.97.